The van der Waals surface area contributed by atoms with Crippen molar-refractivity contribution in [3.63, 3.8) is 0 Å². The molecule has 18 heavy (non-hydrogen) atoms. The summed E-state index contributed by atoms with van der Waals surface area (Å²) in [5, 5.41) is 0. The van der Waals surface area contributed by atoms with Crippen molar-refractivity contribution in [3.05, 3.63) is 0 Å². The molecule has 0 N–H and O–H groups in total. The molecule has 0 aromatic heterocycles. The van der Waals surface area contributed by atoms with Crippen LogP contribution < -0.4 is 0 Å². The lowest BCUT2D eigenvalue weighted by Gasteiger charge is -2.32. The summed E-state index contributed by atoms with van der Waals surface area (Å²) in [5.74, 6) is 1.29. The lowest BCUT2D eigenvalue weighted by atomic mass is 10.3. The summed E-state index contributed by atoms with van der Waals surface area (Å²) in [5.41, 5.74) is 0. The van der Waals surface area contributed by atoms with Crippen LogP contribution in [0.4, 0.5) is 0 Å². The number of nitrogens with zero attached hydrogens (tertiary/aromatic N) is 2. The van der Waals surface area contributed by atoms with Crippen LogP contribution in [0.2, 0.25) is 6.04 Å². The van der Waals surface area contributed by atoms with Crippen molar-refractivity contribution < 1.29 is 0 Å². The minimum absolute atomic E-state index is 0.0759. The van der Waals surface area contributed by atoms with Crippen LogP contribution in [-0.2, 0) is 0 Å². The smallest absolute Gasteiger partial charge is 0.0965 e. The highest BCUT2D eigenvalue weighted by Crippen LogP contribution is 2.19. The second-order valence-corrected chi connectivity index (χ2v) is 9.13. The van der Waals surface area contributed by atoms with Gasteiger partial charge in [-0.25, -0.2) is 4.31 Å². The first-order valence-electron chi connectivity index (χ1n) is 7.44. The van der Waals surface area contributed by atoms with Gasteiger partial charge in [0.2, 0.25) is 0 Å². The van der Waals surface area contributed by atoms with E-state index in [-0.39, 0.29) is 9.68 Å². The van der Waals surface area contributed by atoms with E-state index in [2.05, 4.69) is 64.3 Å². The van der Waals surface area contributed by atoms with Crippen molar-refractivity contribution in [2.45, 2.75) is 85.6 Å². The van der Waals surface area contributed by atoms with Crippen LogP contribution in [0.15, 0.2) is 0 Å². The van der Waals surface area contributed by atoms with Gasteiger partial charge in [0.25, 0.3) is 0 Å². The maximum atomic E-state index is 2.72. The second-order valence-electron chi connectivity index (χ2n) is 6.16. The molecule has 0 rings (SSSR count). The van der Waals surface area contributed by atoms with E-state index >= 15 is 0 Å². The summed E-state index contributed by atoms with van der Waals surface area (Å²) >= 11 is 2.04. The summed E-state index contributed by atoms with van der Waals surface area (Å²) in [6, 6.07) is 4.13. The van der Waals surface area contributed by atoms with Gasteiger partial charge in [0.05, 0.1) is 9.68 Å². The first-order chi connectivity index (χ1) is 8.27. The van der Waals surface area contributed by atoms with Crippen LogP contribution >= 0.6 is 11.9 Å². The Bertz CT molecular complexity index is 170. The van der Waals surface area contributed by atoms with Crippen LogP contribution in [0.1, 0.15) is 55.4 Å². The highest BCUT2D eigenvalue weighted by molar-refractivity contribution is 7.97. The first-order valence-corrected chi connectivity index (χ1v) is 10.0. The monoisotopic (exact) mass is 290 g/mol. The Hall–Kier alpha value is 0.487. The zero-order chi connectivity index (χ0) is 14.3. The van der Waals surface area contributed by atoms with E-state index in [0.29, 0.717) is 24.2 Å². The standard InChI is InChI=1S/C14H34N2SSi/c1-11(2)15(12(3)4)17-9-10-18-16(13(5)6)14(7)8/h11-14H,9-10,18H2,1-8H3. The van der Waals surface area contributed by atoms with Gasteiger partial charge in [-0.3, -0.25) is 0 Å². The molecule has 0 atom stereocenters. The fraction of sp³-hybridized carbons (Fsp3) is 1.00. The summed E-state index contributed by atoms with van der Waals surface area (Å²) in [7, 11) is -0.0759. The quantitative estimate of drug-likeness (QED) is 0.365. The molecule has 0 saturated carbocycles. The molecular formula is C14H34N2SSi. The molecule has 0 radical (unpaired) electrons. The number of rotatable bonds is 9. The minimum atomic E-state index is -0.0759. The molecule has 0 fully saturated rings. The molecular weight excluding hydrogens is 256 g/mol. The van der Waals surface area contributed by atoms with Crippen LogP contribution in [0.3, 0.4) is 0 Å². The Morgan fingerprint density at radius 1 is 0.778 bits per heavy atom. The third kappa shape index (κ3) is 7.17. The second kappa shape index (κ2) is 9.40. The molecule has 110 valence electrons. The van der Waals surface area contributed by atoms with Crippen LogP contribution in [-0.4, -0.2) is 48.5 Å². The van der Waals surface area contributed by atoms with Gasteiger partial charge in [0.15, 0.2) is 0 Å². The van der Waals surface area contributed by atoms with Gasteiger partial charge >= 0.3 is 0 Å². The maximum absolute atomic E-state index is 2.72. The Morgan fingerprint density at radius 2 is 1.22 bits per heavy atom. The summed E-state index contributed by atoms with van der Waals surface area (Å²) in [6.07, 6.45) is 0. The van der Waals surface area contributed by atoms with E-state index in [1.165, 1.54) is 11.8 Å². The van der Waals surface area contributed by atoms with E-state index < -0.39 is 0 Å². The topological polar surface area (TPSA) is 6.48 Å². The molecule has 0 unspecified atom stereocenters. The average Bonchev–Trinajstić information content (AvgIpc) is 2.20. The van der Waals surface area contributed by atoms with E-state index in [0.717, 1.165) is 0 Å². The van der Waals surface area contributed by atoms with Gasteiger partial charge in [-0.05, 0) is 45.8 Å². The van der Waals surface area contributed by atoms with Crippen molar-refractivity contribution >= 4 is 21.6 Å². The number of hydrogen-bond donors (Lipinski definition) is 0. The highest BCUT2D eigenvalue weighted by atomic mass is 32.2. The predicted octanol–water partition coefficient (Wildman–Crippen LogP) is 3.37. The van der Waals surface area contributed by atoms with Crippen molar-refractivity contribution in [2.24, 2.45) is 0 Å². The Morgan fingerprint density at radius 3 is 1.56 bits per heavy atom. The zero-order valence-electron chi connectivity index (χ0n) is 13.7. The molecule has 0 aromatic carbocycles. The highest BCUT2D eigenvalue weighted by Gasteiger charge is 2.15. The SMILES string of the molecule is CC(C)N([SiH2]CCSN(C(C)C)C(C)C)C(C)C. The number of hydrogen-bond acceptors (Lipinski definition) is 3. The molecule has 0 saturated heterocycles. The van der Waals surface area contributed by atoms with E-state index in [1.807, 2.05) is 11.9 Å². The van der Waals surface area contributed by atoms with Crippen molar-refractivity contribution in [1.29, 1.82) is 0 Å². The molecule has 0 aliphatic heterocycles. The largest absolute Gasteiger partial charge is 0.325 e. The van der Waals surface area contributed by atoms with Gasteiger partial charge in [-0.15, -0.1) is 0 Å². The maximum Gasteiger partial charge on any atom is 0.0965 e. The van der Waals surface area contributed by atoms with E-state index in [4.69, 9.17) is 0 Å². The van der Waals surface area contributed by atoms with Crippen molar-refractivity contribution in [2.75, 3.05) is 5.75 Å². The zero-order valence-corrected chi connectivity index (χ0v) is 16.0. The third-order valence-electron chi connectivity index (χ3n) is 3.15. The first kappa shape index (κ1) is 18.5. The Labute approximate surface area is 122 Å². The third-order valence-corrected chi connectivity index (χ3v) is 7.92. The molecule has 2 nitrogen and oxygen atoms in total. The van der Waals surface area contributed by atoms with Gasteiger partial charge in [-0.1, -0.05) is 39.6 Å². The molecule has 0 heterocycles. The fourth-order valence-corrected chi connectivity index (χ4v) is 5.66. The Balaban J connectivity index is 3.96. The lowest BCUT2D eigenvalue weighted by Crippen LogP contribution is -2.40. The Kier molecular flexibility index (Phi) is 9.65. The van der Waals surface area contributed by atoms with Gasteiger partial charge in [0, 0.05) is 17.8 Å². The lowest BCUT2D eigenvalue weighted by molar-refractivity contribution is 0.311. The summed E-state index contributed by atoms with van der Waals surface area (Å²) in [6.45, 7) is 18.5. The predicted molar refractivity (Wildman–Crippen MR) is 90.0 cm³/mol. The van der Waals surface area contributed by atoms with E-state index in [1.54, 1.807) is 0 Å². The van der Waals surface area contributed by atoms with Crippen LogP contribution in [0.5, 0.6) is 0 Å². The molecule has 0 aliphatic carbocycles. The van der Waals surface area contributed by atoms with Crippen molar-refractivity contribution in [3.8, 4) is 0 Å². The van der Waals surface area contributed by atoms with E-state index in [9.17, 15) is 0 Å². The molecule has 0 aliphatic rings. The average molecular weight is 291 g/mol. The van der Waals surface area contributed by atoms with Gasteiger partial charge in [0.1, 0.15) is 0 Å². The summed E-state index contributed by atoms with van der Waals surface area (Å²) < 4.78 is 5.25. The molecule has 0 amide bonds. The molecule has 0 spiro atoms. The summed E-state index contributed by atoms with van der Waals surface area (Å²) in [4.78, 5) is 0. The van der Waals surface area contributed by atoms with Gasteiger partial charge < -0.3 is 4.57 Å². The van der Waals surface area contributed by atoms with Crippen LogP contribution in [0.25, 0.3) is 0 Å². The van der Waals surface area contributed by atoms with Gasteiger partial charge in [-0.2, -0.15) is 0 Å². The molecule has 0 bridgehead atoms. The van der Waals surface area contributed by atoms with Crippen molar-refractivity contribution in [1.82, 2.24) is 8.87 Å². The van der Waals surface area contributed by atoms with Crippen LogP contribution in [0, 0.1) is 0 Å². The minimum Gasteiger partial charge on any atom is -0.325 e. The molecule has 0 aromatic rings. The fourth-order valence-electron chi connectivity index (χ4n) is 2.42. The normalized spacial score (nSPS) is 13.7. The molecule has 4 heteroatoms.